The maximum absolute atomic E-state index is 13.9. The minimum absolute atomic E-state index is 0.0486. The summed E-state index contributed by atoms with van der Waals surface area (Å²) in [5.41, 5.74) is 3.81. The molecule has 0 saturated carbocycles. The molecule has 1 amide bonds. The molecule has 0 aromatic heterocycles. The average molecular weight is 382 g/mol. The number of hydrogen-bond acceptors (Lipinski definition) is 4. The number of carbonyl (C=O) groups is 3. The van der Waals surface area contributed by atoms with Crippen molar-refractivity contribution in [2.75, 3.05) is 11.9 Å². The Balaban J connectivity index is 1.77. The molecular formula is C24H18N2O3. The molecule has 5 heteroatoms. The Morgan fingerprint density at radius 1 is 0.897 bits per heavy atom. The van der Waals surface area contributed by atoms with Crippen LogP contribution in [0.3, 0.4) is 0 Å². The second-order valence-corrected chi connectivity index (χ2v) is 8.01. The van der Waals surface area contributed by atoms with Crippen LogP contribution < -0.4 is 10.2 Å². The maximum atomic E-state index is 13.9. The van der Waals surface area contributed by atoms with Crippen LogP contribution in [-0.4, -0.2) is 24.5 Å². The van der Waals surface area contributed by atoms with Crippen LogP contribution in [0.25, 0.3) is 5.70 Å². The first kappa shape index (κ1) is 16.5. The number of nitrogens with one attached hydrogen (secondary N) is 1. The quantitative estimate of drug-likeness (QED) is 0.760. The molecule has 0 bridgehead atoms. The van der Waals surface area contributed by atoms with Crippen molar-refractivity contribution in [1.82, 2.24) is 5.32 Å². The number of benzene rings is 2. The first-order valence-corrected chi connectivity index (χ1v) is 9.87. The highest BCUT2D eigenvalue weighted by atomic mass is 16.2. The lowest BCUT2D eigenvalue weighted by atomic mass is 9.63. The van der Waals surface area contributed by atoms with Gasteiger partial charge in [-0.2, -0.15) is 0 Å². The Labute approximate surface area is 167 Å². The largest absolute Gasteiger partial charge is 0.358 e. The number of ketones is 2. The molecule has 29 heavy (non-hydrogen) atoms. The van der Waals surface area contributed by atoms with E-state index in [2.05, 4.69) is 5.32 Å². The number of allylic oxidation sites excluding steroid dienone is 1. The predicted molar refractivity (Wildman–Crippen MR) is 108 cm³/mol. The predicted octanol–water partition coefficient (Wildman–Crippen LogP) is 3.12. The maximum Gasteiger partial charge on any atom is 0.246 e. The number of hydrogen-bond donors (Lipinski definition) is 1. The van der Waals surface area contributed by atoms with Crippen molar-refractivity contribution < 1.29 is 14.4 Å². The number of para-hydroxylation sites is 1. The van der Waals surface area contributed by atoms with E-state index in [1.165, 1.54) is 0 Å². The Bertz CT molecular complexity index is 1240. The van der Waals surface area contributed by atoms with Crippen molar-refractivity contribution in [1.29, 1.82) is 0 Å². The molecule has 2 aliphatic carbocycles. The van der Waals surface area contributed by atoms with E-state index < -0.39 is 5.41 Å². The van der Waals surface area contributed by atoms with Gasteiger partial charge in [0, 0.05) is 52.7 Å². The van der Waals surface area contributed by atoms with Gasteiger partial charge in [0.15, 0.2) is 11.6 Å². The molecule has 4 aliphatic rings. The summed E-state index contributed by atoms with van der Waals surface area (Å²) >= 11 is 0. The minimum Gasteiger partial charge on any atom is -0.358 e. The zero-order valence-electron chi connectivity index (χ0n) is 15.9. The SMILES string of the molecule is CN1C(=O)C2(C3=C(CCCC3=O)NC3=C2C(=O)c2ccccc23)c2ccccc21. The summed E-state index contributed by atoms with van der Waals surface area (Å²) in [5, 5.41) is 3.40. The van der Waals surface area contributed by atoms with Crippen LogP contribution >= 0.6 is 0 Å². The van der Waals surface area contributed by atoms with Gasteiger partial charge < -0.3 is 10.2 Å². The van der Waals surface area contributed by atoms with Crippen molar-refractivity contribution in [3.8, 4) is 0 Å². The lowest BCUT2D eigenvalue weighted by Gasteiger charge is -2.39. The number of carbonyl (C=O) groups excluding carboxylic acids is 3. The highest BCUT2D eigenvalue weighted by Crippen LogP contribution is 2.58. The second-order valence-electron chi connectivity index (χ2n) is 8.01. The van der Waals surface area contributed by atoms with Gasteiger partial charge in [-0.1, -0.05) is 42.5 Å². The number of likely N-dealkylation sites (N-methyl/N-ethyl adjacent to an activating group) is 1. The van der Waals surface area contributed by atoms with Crippen LogP contribution in [0.1, 0.15) is 40.7 Å². The third-order valence-electron chi connectivity index (χ3n) is 6.65. The molecule has 1 unspecified atom stereocenters. The first-order chi connectivity index (χ1) is 14.1. The number of Topliss-reactive ketones (excluding diaryl/α,β-unsaturated/α-hetero) is 2. The number of anilines is 1. The van der Waals surface area contributed by atoms with E-state index in [-0.39, 0.29) is 17.5 Å². The molecule has 2 aromatic carbocycles. The highest BCUT2D eigenvalue weighted by Gasteiger charge is 2.63. The van der Waals surface area contributed by atoms with Crippen molar-refractivity contribution in [2.24, 2.45) is 0 Å². The highest BCUT2D eigenvalue weighted by molar-refractivity contribution is 6.32. The van der Waals surface area contributed by atoms with Crippen LogP contribution in [-0.2, 0) is 15.0 Å². The fourth-order valence-electron chi connectivity index (χ4n) is 5.49. The Kier molecular flexibility index (Phi) is 3.02. The molecule has 1 spiro atoms. The zero-order valence-corrected chi connectivity index (χ0v) is 15.9. The molecule has 142 valence electrons. The number of rotatable bonds is 0. The normalized spacial score (nSPS) is 24.6. The van der Waals surface area contributed by atoms with Gasteiger partial charge in [-0.3, -0.25) is 14.4 Å². The summed E-state index contributed by atoms with van der Waals surface area (Å²) in [7, 11) is 1.72. The Morgan fingerprint density at radius 3 is 2.45 bits per heavy atom. The molecule has 1 atom stereocenters. The molecule has 0 fully saturated rings. The molecule has 5 nitrogen and oxygen atoms in total. The minimum atomic E-state index is -1.37. The number of nitrogens with zero attached hydrogens (tertiary/aromatic N) is 1. The number of amides is 1. The average Bonchev–Trinajstić information content (AvgIpc) is 3.14. The van der Waals surface area contributed by atoms with E-state index >= 15 is 0 Å². The van der Waals surface area contributed by atoms with E-state index in [0.29, 0.717) is 35.2 Å². The first-order valence-electron chi connectivity index (χ1n) is 9.87. The topological polar surface area (TPSA) is 66.5 Å². The summed E-state index contributed by atoms with van der Waals surface area (Å²) in [5.74, 6) is -0.449. The lowest BCUT2D eigenvalue weighted by Crippen LogP contribution is -2.50. The fraction of sp³-hybridized carbons (Fsp3) is 0.208. The number of fused-ring (bicyclic) bond motifs is 6. The summed E-state index contributed by atoms with van der Waals surface area (Å²) in [6.07, 6.45) is 1.82. The monoisotopic (exact) mass is 382 g/mol. The van der Waals surface area contributed by atoms with Crippen LogP contribution in [0, 0.1) is 0 Å². The molecule has 2 aliphatic heterocycles. The molecule has 0 radical (unpaired) electrons. The van der Waals surface area contributed by atoms with Gasteiger partial charge in [-0.25, -0.2) is 0 Å². The van der Waals surface area contributed by atoms with Gasteiger partial charge in [0.2, 0.25) is 5.91 Å². The second kappa shape index (κ2) is 5.32. The summed E-state index contributed by atoms with van der Waals surface area (Å²) < 4.78 is 0. The van der Waals surface area contributed by atoms with Gasteiger partial charge in [0.1, 0.15) is 5.41 Å². The molecular weight excluding hydrogens is 364 g/mol. The smallest absolute Gasteiger partial charge is 0.246 e. The zero-order chi connectivity index (χ0) is 19.9. The third-order valence-corrected chi connectivity index (χ3v) is 6.65. The lowest BCUT2D eigenvalue weighted by molar-refractivity contribution is -0.124. The standard InChI is InChI=1S/C24H18N2O3/c1-26-17-11-5-4-9-15(17)24(23(26)29)19-16(10-6-12-18(19)27)25-21-13-7-2-3-8-14(13)22(28)20(21)24/h2-5,7-9,11,25H,6,10,12H2,1H3. The molecule has 2 heterocycles. The van der Waals surface area contributed by atoms with Crippen LogP contribution in [0.5, 0.6) is 0 Å². The van der Waals surface area contributed by atoms with Crippen molar-refractivity contribution >= 4 is 28.9 Å². The van der Waals surface area contributed by atoms with Crippen LogP contribution in [0.4, 0.5) is 5.69 Å². The van der Waals surface area contributed by atoms with Gasteiger partial charge in [0.25, 0.3) is 0 Å². The Hall–Kier alpha value is -3.47. The van der Waals surface area contributed by atoms with Gasteiger partial charge in [-0.05, 0) is 18.9 Å². The number of dihydropyridines is 1. The van der Waals surface area contributed by atoms with E-state index in [1.807, 2.05) is 42.5 Å². The van der Waals surface area contributed by atoms with Crippen molar-refractivity contribution in [3.05, 3.63) is 82.1 Å². The van der Waals surface area contributed by atoms with E-state index in [0.717, 1.165) is 28.9 Å². The third kappa shape index (κ3) is 1.74. The molecule has 2 aromatic rings. The van der Waals surface area contributed by atoms with Gasteiger partial charge in [0.05, 0.1) is 5.70 Å². The molecule has 6 rings (SSSR count). The van der Waals surface area contributed by atoms with E-state index in [4.69, 9.17) is 0 Å². The molecule has 0 saturated heterocycles. The molecule has 1 N–H and O–H groups in total. The van der Waals surface area contributed by atoms with Crippen LogP contribution in [0.2, 0.25) is 0 Å². The Morgan fingerprint density at radius 2 is 1.62 bits per heavy atom. The summed E-state index contributed by atoms with van der Waals surface area (Å²) in [6.45, 7) is 0. The van der Waals surface area contributed by atoms with Crippen molar-refractivity contribution in [3.63, 3.8) is 0 Å². The van der Waals surface area contributed by atoms with Gasteiger partial charge >= 0.3 is 0 Å². The fourth-order valence-corrected chi connectivity index (χ4v) is 5.49. The van der Waals surface area contributed by atoms with Crippen molar-refractivity contribution in [2.45, 2.75) is 24.7 Å². The summed E-state index contributed by atoms with van der Waals surface area (Å²) in [4.78, 5) is 42.3. The van der Waals surface area contributed by atoms with Crippen LogP contribution in [0.15, 0.2) is 65.4 Å². The summed E-state index contributed by atoms with van der Waals surface area (Å²) in [6, 6.07) is 14.9. The van der Waals surface area contributed by atoms with E-state index in [1.54, 1.807) is 18.0 Å². The van der Waals surface area contributed by atoms with E-state index in [9.17, 15) is 14.4 Å². The van der Waals surface area contributed by atoms with Gasteiger partial charge in [-0.15, -0.1) is 0 Å².